The first kappa shape index (κ1) is 10.3. The number of hydrogen-bond acceptors (Lipinski definition) is 1. The van der Waals surface area contributed by atoms with Crippen LogP contribution < -0.4 is 0 Å². The van der Waals surface area contributed by atoms with Crippen molar-refractivity contribution in [3.63, 3.8) is 0 Å². The van der Waals surface area contributed by atoms with E-state index in [9.17, 15) is 0 Å². The summed E-state index contributed by atoms with van der Waals surface area (Å²) in [7, 11) is 0. The van der Waals surface area contributed by atoms with Crippen LogP contribution in [0.4, 0.5) is 0 Å². The minimum absolute atomic E-state index is 0.330. The van der Waals surface area contributed by atoms with Crippen LogP contribution in [-0.2, 0) is 0 Å². The quantitative estimate of drug-likeness (QED) is 0.728. The fourth-order valence-corrected chi connectivity index (χ4v) is 1.59. The first-order valence-corrected chi connectivity index (χ1v) is 5.52. The SMILES string of the molecule is CC(O)CC#Cc1cccc(C2CC2)c1. The van der Waals surface area contributed by atoms with Gasteiger partial charge in [-0.2, -0.15) is 0 Å². The van der Waals surface area contributed by atoms with Crippen molar-refractivity contribution in [3.8, 4) is 11.8 Å². The average Bonchev–Trinajstić information content (AvgIpc) is 3.01. The van der Waals surface area contributed by atoms with E-state index in [2.05, 4.69) is 30.0 Å². The van der Waals surface area contributed by atoms with Crippen LogP contribution in [0.15, 0.2) is 24.3 Å². The molecule has 1 atom stereocenters. The van der Waals surface area contributed by atoms with E-state index in [1.165, 1.54) is 18.4 Å². The van der Waals surface area contributed by atoms with E-state index >= 15 is 0 Å². The Hall–Kier alpha value is -1.26. The molecule has 15 heavy (non-hydrogen) atoms. The molecule has 0 amide bonds. The molecule has 0 aromatic heterocycles. The zero-order chi connectivity index (χ0) is 10.7. The second kappa shape index (κ2) is 4.51. The van der Waals surface area contributed by atoms with Gasteiger partial charge in [-0.1, -0.05) is 24.0 Å². The zero-order valence-corrected chi connectivity index (χ0v) is 9.03. The van der Waals surface area contributed by atoms with Crippen molar-refractivity contribution in [2.24, 2.45) is 0 Å². The number of benzene rings is 1. The highest BCUT2D eigenvalue weighted by molar-refractivity contribution is 5.39. The summed E-state index contributed by atoms with van der Waals surface area (Å²) in [5.74, 6) is 6.86. The molecule has 1 saturated carbocycles. The lowest BCUT2D eigenvalue weighted by molar-refractivity contribution is 0.201. The van der Waals surface area contributed by atoms with E-state index in [4.69, 9.17) is 5.11 Å². The summed E-state index contributed by atoms with van der Waals surface area (Å²) in [4.78, 5) is 0. The predicted molar refractivity (Wildman–Crippen MR) is 61.6 cm³/mol. The van der Waals surface area contributed by atoms with Crippen LogP contribution in [0.25, 0.3) is 0 Å². The molecule has 1 fully saturated rings. The molecule has 0 heterocycles. The molecule has 1 N–H and O–H groups in total. The fourth-order valence-electron chi connectivity index (χ4n) is 1.59. The fraction of sp³-hybridized carbons (Fsp3) is 0.429. The van der Waals surface area contributed by atoms with Crippen molar-refractivity contribution < 1.29 is 5.11 Å². The molecule has 1 unspecified atom stereocenters. The van der Waals surface area contributed by atoms with Crippen LogP contribution in [0, 0.1) is 11.8 Å². The summed E-state index contributed by atoms with van der Waals surface area (Å²) in [6, 6.07) is 8.45. The maximum absolute atomic E-state index is 9.08. The molecule has 2 rings (SSSR count). The molecule has 0 aliphatic heterocycles. The molecule has 0 spiro atoms. The number of hydrogen-bond donors (Lipinski definition) is 1. The van der Waals surface area contributed by atoms with E-state index in [1.807, 2.05) is 6.07 Å². The summed E-state index contributed by atoms with van der Waals surface area (Å²) >= 11 is 0. The Morgan fingerprint density at radius 1 is 1.47 bits per heavy atom. The third-order valence-electron chi connectivity index (χ3n) is 2.57. The van der Waals surface area contributed by atoms with Crippen LogP contribution in [0.1, 0.15) is 43.2 Å². The van der Waals surface area contributed by atoms with E-state index in [0.717, 1.165) is 11.5 Å². The van der Waals surface area contributed by atoms with Gasteiger partial charge in [-0.05, 0) is 43.4 Å². The Morgan fingerprint density at radius 3 is 2.93 bits per heavy atom. The van der Waals surface area contributed by atoms with Crippen LogP contribution >= 0.6 is 0 Å². The molecule has 0 bridgehead atoms. The average molecular weight is 200 g/mol. The van der Waals surface area contributed by atoms with Crippen LogP contribution in [-0.4, -0.2) is 11.2 Å². The standard InChI is InChI=1S/C14H16O/c1-11(15)4-2-5-12-6-3-7-14(10-12)13-8-9-13/h3,6-7,10-11,13,15H,4,8-9H2,1H3. The second-order valence-corrected chi connectivity index (χ2v) is 4.25. The number of aliphatic hydroxyl groups excluding tert-OH is 1. The molecule has 1 aliphatic rings. The maximum Gasteiger partial charge on any atom is 0.0621 e. The van der Waals surface area contributed by atoms with Crippen molar-refractivity contribution in [1.82, 2.24) is 0 Å². The van der Waals surface area contributed by atoms with Crippen LogP contribution in [0.3, 0.4) is 0 Å². The molecule has 1 nitrogen and oxygen atoms in total. The summed E-state index contributed by atoms with van der Waals surface area (Å²) in [6.45, 7) is 1.76. The van der Waals surface area contributed by atoms with Gasteiger partial charge in [-0.3, -0.25) is 0 Å². The van der Waals surface area contributed by atoms with Crippen molar-refractivity contribution in [2.75, 3.05) is 0 Å². The van der Waals surface area contributed by atoms with Gasteiger partial charge >= 0.3 is 0 Å². The van der Waals surface area contributed by atoms with E-state index in [0.29, 0.717) is 6.42 Å². The van der Waals surface area contributed by atoms with Gasteiger partial charge < -0.3 is 5.11 Å². The molecule has 1 heteroatoms. The third-order valence-corrected chi connectivity index (χ3v) is 2.57. The monoisotopic (exact) mass is 200 g/mol. The van der Waals surface area contributed by atoms with Gasteiger partial charge in [0.05, 0.1) is 6.10 Å². The Morgan fingerprint density at radius 2 is 2.27 bits per heavy atom. The summed E-state index contributed by atoms with van der Waals surface area (Å²) in [5, 5.41) is 9.08. The molecule has 78 valence electrons. The normalized spacial score (nSPS) is 16.7. The van der Waals surface area contributed by atoms with Crippen LogP contribution in [0.2, 0.25) is 0 Å². The number of rotatable bonds is 2. The second-order valence-electron chi connectivity index (χ2n) is 4.25. The smallest absolute Gasteiger partial charge is 0.0621 e. The highest BCUT2D eigenvalue weighted by Gasteiger charge is 2.23. The largest absolute Gasteiger partial charge is 0.392 e. The Bertz CT molecular complexity index is 391. The molecule has 0 saturated heterocycles. The van der Waals surface area contributed by atoms with Gasteiger partial charge in [0.1, 0.15) is 0 Å². The molecule has 0 radical (unpaired) electrons. The van der Waals surface area contributed by atoms with E-state index < -0.39 is 0 Å². The van der Waals surface area contributed by atoms with Gasteiger partial charge in [-0.15, -0.1) is 0 Å². The summed E-state index contributed by atoms with van der Waals surface area (Å²) in [6.07, 6.45) is 2.87. The Kier molecular flexibility index (Phi) is 3.08. The van der Waals surface area contributed by atoms with Gasteiger partial charge in [-0.25, -0.2) is 0 Å². The number of aliphatic hydroxyl groups is 1. The third kappa shape index (κ3) is 3.11. The topological polar surface area (TPSA) is 20.2 Å². The van der Waals surface area contributed by atoms with Gasteiger partial charge in [0.15, 0.2) is 0 Å². The first-order chi connectivity index (χ1) is 7.25. The highest BCUT2D eigenvalue weighted by atomic mass is 16.3. The van der Waals surface area contributed by atoms with Crippen molar-refractivity contribution in [2.45, 2.75) is 38.2 Å². The lowest BCUT2D eigenvalue weighted by Crippen LogP contribution is -1.95. The van der Waals surface area contributed by atoms with Gasteiger partial charge in [0.25, 0.3) is 0 Å². The van der Waals surface area contributed by atoms with Crippen molar-refractivity contribution in [3.05, 3.63) is 35.4 Å². The van der Waals surface area contributed by atoms with E-state index in [-0.39, 0.29) is 6.10 Å². The minimum atomic E-state index is -0.330. The maximum atomic E-state index is 9.08. The van der Waals surface area contributed by atoms with Crippen molar-refractivity contribution in [1.29, 1.82) is 0 Å². The van der Waals surface area contributed by atoms with Gasteiger partial charge in [0, 0.05) is 12.0 Å². The molecular weight excluding hydrogens is 184 g/mol. The Balaban J connectivity index is 2.06. The highest BCUT2D eigenvalue weighted by Crippen LogP contribution is 2.40. The zero-order valence-electron chi connectivity index (χ0n) is 9.03. The molecule has 1 aromatic rings. The Labute approximate surface area is 91.1 Å². The first-order valence-electron chi connectivity index (χ1n) is 5.52. The molecule has 1 aliphatic carbocycles. The molecular formula is C14H16O. The van der Waals surface area contributed by atoms with Crippen molar-refractivity contribution >= 4 is 0 Å². The van der Waals surface area contributed by atoms with Gasteiger partial charge in [0.2, 0.25) is 0 Å². The summed E-state index contributed by atoms with van der Waals surface area (Å²) in [5.41, 5.74) is 2.49. The minimum Gasteiger partial charge on any atom is -0.392 e. The molecule has 1 aromatic carbocycles. The predicted octanol–water partition coefficient (Wildman–Crippen LogP) is 2.69. The van der Waals surface area contributed by atoms with Crippen LogP contribution in [0.5, 0.6) is 0 Å². The van der Waals surface area contributed by atoms with E-state index in [1.54, 1.807) is 6.92 Å². The lowest BCUT2D eigenvalue weighted by atomic mass is 10.1. The summed E-state index contributed by atoms with van der Waals surface area (Å²) < 4.78 is 0. The lowest BCUT2D eigenvalue weighted by Gasteiger charge is -1.98.